The Labute approximate surface area is 158 Å². The van der Waals surface area contributed by atoms with Crippen molar-refractivity contribution in [2.75, 3.05) is 12.0 Å². The zero-order chi connectivity index (χ0) is 18.8. The second kappa shape index (κ2) is 7.23. The Morgan fingerprint density at radius 3 is 2.89 bits per heavy atom. The number of amides is 1. The summed E-state index contributed by atoms with van der Waals surface area (Å²) in [5.74, 6) is 0.986. The largest absolute Gasteiger partial charge is 0.497 e. The molecule has 2 heterocycles. The van der Waals surface area contributed by atoms with E-state index < -0.39 is 0 Å². The average Bonchev–Trinajstić information content (AvgIpc) is 3.06. The van der Waals surface area contributed by atoms with Gasteiger partial charge in [0.15, 0.2) is 0 Å². The van der Waals surface area contributed by atoms with Gasteiger partial charge in [0.05, 0.1) is 32.1 Å². The molecular formula is C21H22N4O2. The third-order valence-electron chi connectivity index (χ3n) is 5.07. The summed E-state index contributed by atoms with van der Waals surface area (Å²) in [4.78, 5) is 15.1. The summed E-state index contributed by atoms with van der Waals surface area (Å²) < 4.78 is 7.17. The minimum Gasteiger partial charge on any atom is -0.497 e. The van der Waals surface area contributed by atoms with Gasteiger partial charge in [-0.1, -0.05) is 42.5 Å². The van der Waals surface area contributed by atoms with Crippen LogP contribution in [0.4, 0.5) is 5.69 Å². The monoisotopic (exact) mass is 362 g/mol. The zero-order valence-electron chi connectivity index (χ0n) is 15.5. The van der Waals surface area contributed by atoms with Gasteiger partial charge in [-0.05, 0) is 35.2 Å². The van der Waals surface area contributed by atoms with Crippen LogP contribution in [0.2, 0.25) is 0 Å². The van der Waals surface area contributed by atoms with Crippen molar-refractivity contribution < 1.29 is 9.53 Å². The smallest absolute Gasteiger partial charge is 0.227 e. The second-order valence-corrected chi connectivity index (χ2v) is 6.87. The van der Waals surface area contributed by atoms with Crippen molar-refractivity contribution in [1.82, 2.24) is 15.0 Å². The molecule has 1 amide bonds. The van der Waals surface area contributed by atoms with E-state index in [1.165, 1.54) is 0 Å². The predicted octanol–water partition coefficient (Wildman–Crippen LogP) is 3.38. The first-order valence-electron chi connectivity index (χ1n) is 9.05. The summed E-state index contributed by atoms with van der Waals surface area (Å²) in [5, 5.41) is 8.15. The number of benzene rings is 2. The van der Waals surface area contributed by atoms with E-state index in [9.17, 15) is 4.79 Å². The first-order chi connectivity index (χ1) is 13.2. The van der Waals surface area contributed by atoms with Crippen molar-refractivity contribution >= 4 is 11.6 Å². The number of rotatable bonds is 4. The fourth-order valence-electron chi connectivity index (χ4n) is 3.51. The molecule has 0 aliphatic carbocycles. The topological polar surface area (TPSA) is 60.2 Å². The molecule has 1 unspecified atom stereocenters. The standard InChI is InChI=1S/C21H22N4O2/c1-15(16-7-5-8-19(11-16)27-2)10-21(26)24-14-18-12-22-23-25(18)13-17-6-3-4-9-20(17)24/h3-9,11-12,15H,10,13-14H2,1-2H3. The van der Waals surface area contributed by atoms with Gasteiger partial charge in [-0.25, -0.2) is 4.68 Å². The van der Waals surface area contributed by atoms with Crippen molar-refractivity contribution in [3.63, 3.8) is 0 Å². The highest BCUT2D eigenvalue weighted by Gasteiger charge is 2.26. The van der Waals surface area contributed by atoms with Crippen LogP contribution >= 0.6 is 0 Å². The number of methoxy groups -OCH3 is 1. The molecule has 0 N–H and O–H groups in total. The van der Waals surface area contributed by atoms with E-state index in [-0.39, 0.29) is 11.8 Å². The first kappa shape index (κ1) is 17.3. The van der Waals surface area contributed by atoms with Crippen LogP contribution in [0.3, 0.4) is 0 Å². The van der Waals surface area contributed by atoms with Crippen LogP contribution in [0.1, 0.15) is 36.1 Å². The van der Waals surface area contributed by atoms with Gasteiger partial charge in [0.2, 0.25) is 5.91 Å². The second-order valence-electron chi connectivity index (χ2n) is 6.87. The highest BCUT2D eigenvalue weighted by Crippen LogP contribution is 2.30. The van der Waals surface area contributed by atoms with Gasteiger partial charge in [0.25, 0.3) is 0 Å². The molecule has 1 aromatic heterocycles. The predicted molar refractivity (Wildman–Crippen MR) is 103 cm³/mol. The van der Waals surface area contributed by atoms with Gasteiger partial charge in [-0.15, -0.1) is 5.10 Å². The lowest BCUT2D eigenvalue weighted by molar-refractivity contribution is -0.119. The molecule has 1 atom stereocenters. The Bertz CT molecular complexity index is 966. The summed E-state index contributed by atoms with van der Waals surface area (Å²) in [6.07, 6.45) is 2.15. The Hall–Kier alpha value is -3.15. The molecule has 2 aromatic carbocycles. The zero-order valence-corrected chi connectivity index (χ0v) is 15.5. The first-order valence-corrected chi connectivity index (χ1v) is 9.05. The number of carbonyl (C=O) groups excluding carboxylic acids is 1. The Morgan fingerprint density at radius 1 is 1.19 bits per heavy atom. The SMILES string of the molecule is COc1cccc(C(C)CC(=O)N2Cc3cnnn3Cc3ccccc32)c1. The maximum Gasteiger partial charge on any atom is 0.227 e. The van der Waals surface area contributed by atoms with E-state index >= 15 is 0 Å². The quantitative estimate of drug-likeness (QED) is 0.714. The number of carbonyl (C=O) groups is 1. The van der Waals surface area contributed by atoms with E-state index in [0.717, 1.165) is 28.3 Å². The van der Waals surface area contributed by atoms with Crippen LogP contribution in [-0.2, 0) is 17.9 Å². The third kappa shape index (κ3) is 3.43. The molecule has 6 heteroatoms. The minimum atomic E-state index is 0.0889. The molecule has 138 valence electrons. The molecule has 1 aliphatic rings. The highest BCUT2D eigenvalue weighted by atomic mass is 16.5. The molecule has 0 fully saturated rings. The van der Waals surface area contributed by atoms with E-state index in [1.54, 1.807) is 13.3 Å². The van der Waals surface area contributed by atoms with Crippen LogP contribution in [0.5, 0.6) is 5.75 Å². The molecule has 3 aromatic rings. The van der Waals surface area contributed by atoms with E-state index in [1.807, 2.05) is 58.1 Å². The highest BCUT2D eigenvalue weighted by molar-refractivity contribution is 5.94. The van der Waals surface area contributed by atoms with Gasteiger partial charge in [-0.2, -0.15) is 0 Å². The molecular weight excluding hydrogens is 340 g/mol. The van der Waals surface area contributed by atoms with Crippen LogP contribution in [0.15, 0.2) is 54.7 Å². The van der Waals surface area contributed by atoms with Crippen molar-refractivity contribution in [3.05, 3.63) is 71.5 Å². The normalized spacial score (nSPS) is 14.1. The van der Waals surface area contributed by atoms with Crippen molar-refractivity contribution in [1.29, 1.82) is 0 Å². The summed E-state index contributed by atoms with van der Waals surface area (Å²) in [5.41, 5.74) is 4.06. The molecule has 0 saturated heterocycles. The third-order valence-corrected chi connectivity index (χ3v) is 5.07. The van der Waals surface area contributed by atoms with Crippen LogP contribution in [-0.4, -0.2) is 28.0 Å². The van der Waals surface area contributed by atoms with Crippen LogP contribution < -0.4 is 9.64 Å². The summed E-state index contributed by atoms with van der Waals surface area (Å²) in [6, 6.07) is 15.9. The van der Waals surface area contributed by atoms with E-state index in [2.05, 4.69) is 17.2 Å². The number of aromatic nitrogens is 3. The van der Waals surface area contributed by atoms with Gasteiger partial charge in [0.1, 0.15) is 5.75 Å². The summed E-state index contributed by atoms with van der Waals surface area (Å²) in [6.45, 7) is 3.18. The number of ether oxygens (including phenoxy) is 1. The molecule has 0 saturated carbocycles. The molecule has 27 heavy (non-hydrogen) atoms. The number of hydrogen-bond acceptors (Lipinski definition) is 4. The van der Waals surface area contributed by atoms with Crippen molar-refractivity contribution in [2.24, 2.45) is 0 Å². The average molecular weight is 362 g/mol. The van der Waals surface area contributed by atoms with Crippen molar-refractivity contribution in [3.8, 4) is 5.75 Å². The van der Waals surface area contributed by atoms with E-state index in [0.29, 0.717) is 19.5 Å². The minimum absolute atomic E-state index is 0.0889. The molecule has 4 rings (SSSR count). The van der Waals surface area contributed by atoms with Gasteiger partial charge in [0, 0.05) is 12.1 Å². The van der Waals surface area contributed by atoms with Crippen molar-refractivity contribution in [2.45, 2.75) is 32.4 Å². The molecule has 0 spiro atoms. The lowest BCUT2D eigenvalue weighted by Gasteiger charge is -2.24. The van der Waals surface area contributed by atoms with E-state index in [4.69, 9.17) is 4.74 Å². The Morgan fingerprint density at radius 2 is 2.04 bits per heavy atom. The molecule has 0 radical (unpaired) electrons. The number of hydrogen-bond donors (Lipinski definition) is 0. The van der Waals surface area contributed by atoms with Crippen LogP contribution in [0, 0.1) is 0 Å². The van der Waals surface area contributed by atoms with Gasteiger partial charge >= 0.3 is 0 Å². The number of fused-ring (bicyclic) bond motifs is 2. The molecule has 6 nitrogen and oxygen atoms in total. The number of para-hydroxylation sites is 1. The maximum absolute atomic E-state index is 13.2. The fraction of sp³-hybridized carbons (Fsp3) is 0.286. The Kier molecular flexibility index (Phi) is 4.62. The van der Waals surface area contributed by atoms with Gasteiger partial charge in [-0.3, -0.25) is 4.79 Å². The molecule has 1 aliphatic heterocycles. The number of anilines is 1. The Balaban J connectivity index is 1.60. The lowest BCUT2D eigenvalue weighted by Crippen LogP contribution is -2.31. The van der Waals surface area contributed by atoms with Gasteiger partial charge < -0.3 is 9.64 Å². The fourth-order valence-corrected chi connectivity index (χ4v) is 3.51. The summed E-state index contributed by atoms with van der Waals surface area (Å²) >= 11 is 0. The lowest BCUT2D eigenvalue weighted by atomic mass is 9.96. The molecule has 0 bridgehead atoms. The summed E-state index contributed by atoms with van der Waals surface area (Å²) in [7, 11) is 1.65. The van der Waals surface area contributed by atoms with Crippen LogP contribution in [0.25, 0.3) is 0 Å². The maximum atomic E-state index is 13.2. The number of nitrogens with zero attached hydrogens (tertiary/aromatic N) is 4.